The van der Waals surface area contributed by atoms with Gasteiger partial charge in [-0.15, -0.1) is 0 Å². The molecule has 0 radical (unpaired) electrons. The third-order valence-corrected chi connectivity index (χ3v) is 5.91. The number of anilines is 1. The number of hydrogen-bond acceptors (Lipinski definition) is 6. The molecule has 0 aromatic carbocycles. The lowest BCUT2D eigenvalue weighted by Crippen LogP contribution is -2.47. The number of aromatic nitrogens is 1. The molecule has 2 heterocycles. The first-order valence-corrected chi connectivity index (χ1v) is 9.82. The van der Waals surface area contributed by atoms with Gasteiger partial charge in [0.2, 0.25) is 0 Å². The normalized spacial score (nSPS) is 20.1. The van der Waals surface area contributed by atoms with Gasteiger partial charge >= 0.3 is 0 Å². The van der Waals surface area contributed by atoms with Gasteiger partial charge in [0.15, 0.2) is 9.84 Å². The van der Waals surface area contributed by atoms with Crippen molar-refractivity contribution in [2.45, 2.75) is 18.8 Å². The molecular weight excluding hydrogens is 294 g/mol. The van der Waals surface area contributed by atoms with Crippen LogP contribution in [0.15, 0.2) is 18.3 Å². The van der Waals surface area contributed by atoms with Gasteiger partial charge in [-0.3, -0.25) is 4.98 Å². The first-order chi connectivity index (χ1) is 9.52. The lowest BCUT2D eigenvalue weighted by molar-refractivity contribution is 0.584. The molecule has 1 aliphatic heterocycles. The van der Waals surface area contributed by atoms with Crippen molar-refractivity contribution in [1.29, 1.82) is 0 Å². The molecule has 112 valence electrons. The van der Waals surface area contributed by atoms with Crippen molar-refractivity contribution < 1.29 is 8.42 Å². The predicted octanol–water partition coefficient (Wildman–Crippen LogP) is 1.11. The Labute approximate surface area is 125 Å². The molecule has 0 spiro atoms. The van der Waals surface area contributed by atoms with E-state index < -0.39 is 15.2 Å². The van der Waals surface area contributed by atoms with Crippen LogP contribution in [0, 0.1) is 0 Å². The quantitative estimate of drug-likeness (QED) is 0.878. The van der Waals surface area contributed by atoms with E-state index in [1.54, 1.807) is 18.0 Å². The minimum atomic E-state index is -3.08. The van der Waals surface area contributed by atoms with E-state index in [1.165, 1.54) is 6.26 Å². The molecule has 0 aliphatic carbocycles. The number of nitrogens with zero attached hydrogens (tertiary/aromatic N) is 2. The molecule has 1 atom stereocenters. The first-order valence-electron chi connectivity index (χ1n) is 6.71. The average Bonchev–Trinajstić information content (AvgIpc) is 2.44. The third-order valence-electron chi connectivity index (χ3n) is 3.27. The second-order valence-corrected chi connectivity index (χ2v) is 8.19. The van der Waals surface area contributed by atoms with Gasteiger partial charge in [0.25, 0.3) is 0 Å². The van der Waals surface area contributed by atoms with E-state index in [-0.39, 0.29) is 0 Å². The van der Waals surface area contributed by atoms with Gasteiger partial charge in [-0.05, 0) is 18.7 Å². The van der Waals surface area contributed by atoms with Gasteiger partial charge in [-0.25, -0.2) is 8.42 Å². The Hall–Kier alpha value is -0.790. The van der Waals surface area contributed by atoms with Gasteiger partial charge in [-0.1, -0.05) is 6.92 Å². The highest BCUT2D eigenvalue weighted by atomic mass is 32.2. The van der Waals surface area contributed by atoms with Crippen LogP contribution in [-0.2, 0) is 16.4 Å². The van der Waals surface area contributed by atoms with E-state index in [9.17, 15) is 8.42 Å². The lowest BCUT2D eigenvalue weighted by Gasteiger charge is -2.36. The second kappa shape index (κ2) is 6.78. The minimum absolute atomic E-state index is 0.435. The van der Waals surface area contributed by atoms with Crippen molar-refractivity contribution in [1.82, 2.24) is 10.3 Å². The SMILES string of the molecule is CCNCc1cc(N2CCSCC2S(C)(=O)=O)ccn1. The lowest BCUT2D eigenvalue weighted by atomic mass is 10.2. The number of thioether (sulfide) groups is 1. The molecule has 1 saturated heterocycles. The average molecular weight is 315 g/mol. The molecular formula is C13H21N3O2S2. The molecule has 1 aliphatic rings. The first kappa shape index (κ1) is 15.6. The zero-order chi connectivity index (χ0) is 14.6. The van der Waals surface area contributed by atoms with Gasteiger partial charge in [0.1, 0.15) is 5.37 Å². The molecule has 1 N–H and O–H groups in total. The summed E-state index contributed by atoms with van der Waals surface area (Å²) in [4.78, 5) is 6.30. The fraction of sp³-hybridized carbons (Fsp3) is 0.615. The number of hydrogen-bond donors (Lipinski definition) is 1. The summed E-state index contributed by atoms with van der Waals surface area (Å²) in [5.74, 6) is 1.58. The second-order valence-electron chi connectivity index (χ2n) is 4.84. The van der Waals surface area contributed by atoms with Crippen molar-refractivity contribution in [3.05, 3.63) is 24.0 Å². The topological polar surface area (TPSA) is 62.3 Å². The van der Waals surface area contributed by atoms with Gasteiger partial charge in [-0.2, -0.15) is 11.8 Å². The number of sulfone groups is 1. The van der Waals surface area contributed by atoms with E-state index >= 15 is 0 Å². The Morgan fingerprint density at radius 1 is 1.55 bits per heavy atom. The highest BCUT2D eigenvalue weighted by Crippen LogP contribution is 2.26. The molecule has 7 heteroatoms. The van der Waals surface area contributed by atoms with Crippen LogP contribution in [0.25, 0.3) is 0 Å². The molecule has 2 rings (SSSR count). The predicted molar refractivity (Wildman–Crippen MR) is 84.9 cm³/mol. The molecule has 1 aromatic rings. The van der Waals surface area contributed by atoms with Crippen molar-refractivity contribution in [3.63, 3.8) is 0 Å². The Balaban J connectivity index is 2.24. The summed E-state index contributed by atoms with van der Waals surface area (Å²) >= 11 is 1.70. The smallest absolute Gasteiger partial charge is 0.169 e. The van der Waals surface area contributed by atoms with Gasteiger partial charge < -0.3 is 10.2 Å². The van der Waals surface area contributed by atoms with Crippen LogP contribution < -0.4 is 10.2 Å². The molecule has 20 heavy (non-hydrogen) atoms. The number of rotatable bonds is 5. The van der Waals surface area contributed by atoms with Crippen LogP contribution >= 0.6 is 11.8 Å². The maximum Gasteiger partial charge on any atom is 0.169 e. The Kier molecular flexibility index (Phi) is 5.29. The number of pyridine rings is 1. The highest BCUT2D eigenvalue weighted by molar-refractivity contribution is 8.01. The molecule has 0 bridgehead atoms. The monoisotopic (exact) mass is 315 g/mol. The summed E-state index contributed by atoms with van der Waals surface area (Å²) in [6.07, 6.45) is 3.07. The molecule has 1 aromatic heterocycles. The van der Waals surface area contributed by atoms with Crippen LogP contribution in [0.1, 0.15) is 12.6 Å². The fourth-order valence-corrected chi connectivity index (χ4v) is 5.07. The highest BCUT2D eigenvalue weighted by Gasteiger charge is 2.31. The van der Waals surface area contributed by atoms with Gasteiger partial charge in [0, 0.05) is 42.7 Å². The summed E-state index contributed by atoms with van der Waals surface area (Å²) < 4.78 is 23.9. The Bertz CT molecular complexity index is 548. The Morgan fingerprint density at radius 3 is 3.05 bits per heavy atom. The van der Waals surface area contributed by atoms with E-state index in [0.29, 0.717) is 12.3 Å². The summed E-state index contributed by atoms with van der Waals surface area (Å²) in [7, 11) is -3.08. The minimum Gasteiger partial charge on any atom is -0.353 e. The van der Waals surface area contributed by atoms with Crippen molar-refractivity contribution >= 4 is 27.3 Å². The molecule has 5 nitrogen and oxygen atoms in total. The summed E-state index contributed by atoms with van der Waals surface area (Å²) in [6, 6.07) is 3.88. The molecule has 1 fully saturated rings. The Morgan fingerprint density at radius 2 is 2.35 bits per heavy atom. The third kappa shape index (κ3) is 3.86. The fourth-order valence-electron chi connectivity index (χ4n) is 2.22. The van der Waals surface area contributed by atoms with Crippen LogP contribution in [0.2, 0.25) is 0 Å². The van der Waals surface area contributed by atoms with Crippen LogP contribution in [-0.4, -0.2) is 49.6 Å². The van der Waals surface area contributed by atoms with Crippen LogP contribution in [0.5, 0.6) is 0 Å². The van der Waals surface area contributed by atoms with Crippen LogP contribution in [0.3, 0.4) is 0 Å². The van der Waals surface area contributed by atoms with Crippen molar-refractivity contribution in [3.8, 4) is 0 Å². The summed E-state index contributed by atoms with van der Waals surface area (Å²) in [5.41, 5.74) is 1.89. The van der Waals surface area contributed by atoms with Crippen molar-refractivity contribution in [2.24, 2.45) is 0 Å². The van der Waals surface area contributed by atoms with Crippen LogP contribution in [0.4, 0.5) is 5.69 Å². The van der Waals surface area contributed by atoms with Gasteiger partial charge in [0.05, 0.1) is 5.69 Å². The largest absolute Gasteiger partial charge is 0.353 e. The zero-order valence-electron chi connectivity index (χ0n) is 11.9. The molecule has 0 amide bonds. The van der Waals surface area contributed by atoms with E-state index in [4.69, 9.17) is 0 Å². The maximum atomic E-state index is 11.9. The van der Waals surface area contributed by atoms with E-state index in [2.05, 4.69) is 10.3 Å². The summed E-state index contributed by atoms with van der Waals surface area (Å²) in [6.45, 7) is 4.40. The summed E-state index contributed by atoms with van der Waals surface area (Å²) in [5, 5.41) is 2.80. The molecule has 0 saturated carbocycles. The maximum absolute atomic E-state index is 11.9. The zero-order valence-corrected chi connectivity index (χ0v) is 13.5. The molecule has 1 unspecified atom stereocenters. The van der Waals surface area contributed by atoms with Crippen molar-refractivity contribution in [2.75, 3.05) is 35.8 Å². The van der Waals surface area contributed by atoms with E-state index in [0.717, 1.165) is 30.2 Å². The standard InChI is InChI=1S/C13H21N3O2S2/c1-3-14-9-11-8-12(4-5-15-11)16-6-7-19-10-13(16)20(2,17)18/h4-5,8,13-14H,3,6-7,9-10H2,1-2H3. The van der Waals surface area contributed by atoms with E-state index in [1.807, 2.05) is 24.0 Å². The number of nitrogens with one attached hydrogen (secondary N) is 1.